The number of ether oxygens (including phenoxy) is 1. The van der Waals surface area contributed by atoms with Crippen LogP contribution in [0.15, 0.2) is 12.1 Å². The maximum absolute atomic E-state index is 5.42. The number of benzene rings is 1. The molecule has 94 valence electrons. The summed E-state index contributed by atoms with van der Waals surface area (Å²) in [6, 6.07) is 4.28. The Hall–Kier alpha value is -1.22. The Labute approximate surface area is 104 Å². The minimum absolute atomic E-state index is 0.737. The summed E-state index contributed by atoms with van der Waals surface area (Å²) in [7, 11) is 1.73. The molecule has 2 N–H and O–H groups in total. The minimum Gasteiger partial charge on any atom is -0.495 e. The minimum atomic E-state index is 0.737. The molecule has 1 unspecified atom stereocenters. The number of hydrogen-bond donors (Lipinski definition) is 2. The first-order valence-corrected chi connectivity index (χ1v) is 6.30. The molecule has 1 fully saturated rings. The van der Waals surface area contributed by atoms with Gasteiger partial charge in [0.25, 0.3) is 0 Å². The summed E-state index contributed by atoms with van der Waals surface area (Å²) in [5.41, 5.74) is 3.69. The summed E-state index contributed by atoms with van der Waals surface area (Å²) in [6.45, 7) is 7.54. The van der Waals surface area contributed by atoms with Gasteiger partial charge in [0.05, 0.1) is 12.8 Å². The van der Waals surface area contributed by atoms with Crippen LogP contribution in [0.4, 0.5) is 5.69 Å². The second-order valence-corrected chi connectivity index (χ2v) is 4.88. The van der Waals surface area contributed by atoms with Gasteiger partial charge in [0, 0.05) is 6.54 Å². The van der Waals surface area contributed by atoms with Crippen LogP contribution in [0, 0.1) is 19.8 Å². The average molecular weight is 234 g/mol. The van der Waals surface area contributed by atoms with Crippen molar-refractivity contribution in [1.82, 2.24) is 5.32 Å². The fourth-order valence-corrected chi connectivity index (χ4v) is 2.24. The van der Waals surface area contributed by atoms with Crippen molar-refractivity contribution in [3.05, 3.63) is 23.3 Å². The van der Waals surface area contributed by atoms with Gasteiger partial charge in [-0.15, -0.1) is 0 Å². The highest BCUT2D eigenvalue weighted by Crippen LogP contribution is 2.28. The summed E-state index contributed by atoms with van der Waals surface area (Å²) >= 11 is 0. The lowest BCUT2D eigenvalue weighted by atomic mass is 10.1. The number of hydrogen-bond acceptors (Lipinski definition) is 3. The van der Waals surface area contributed by atoms with Gasteiger partial charge in [0.1, 0.15) is 5.75 Å². The van der Waals surface area contributed by atoms with E-state index in [0.717, 1.165) is 37.0 Å². The molecule has 0 aromatic heterocycles. The van der Waals surface area contributed by atoms with Gasteiger partial charge >= 0.3 is 0 Å². The van der Waals surface area contributed by atoms with Crippen LogP contribution >= 0.6 is 0 Å². The van der Waals surface area contributed by atoms with Crippen molar-refractivity contribution in [2.24, 2.45) is 5.92 Å². The van der Waals surface area contributed by atoms with Crippen LogP contribution in [0.1, 0.15) is 17.5 Å². The Balaban J connectivity index is 2.05. The van der Waals surface area contributed by atoms with E-state index < -0.39 is 0 Å². The molecule has 3 nitrogen and oxygen atoms in total. The largest absolute Gasteiger partial charge is 0.495 e. The molecule has 0 spiro atoms. The van der Waals surface area contributed by atoms with E-state index in [-0.39, 0.29) is 0 Å². The average Bonchev–Trinajstić information content (AvgIpc) is 2.83. The van der Waals surface area contributed by atoms with E-state index in [2.05, 4.69) is 36.6 Å². The molecule has 1 aliphatic rings. The van der Waals surface area contributed by atoms with E-state index in [1.807, 2.05) is 0 Å². The summed E-state index contributed by atoms with van der Waals surface area (Å²) in [6.07, 6.45) is 1.26. The molecule has 2 rings (SSSR count). The van der Waals surface area contributed by atoms with Crippen molar-refractivity contribution >= 4 is 5.69 Å². The summed E-state index contributed by atoms with van der Waals surface area (Å²) < 4.78 is 5.42. The van der Waals surface area contributed by atoms with E-state index in [1.54, 1.807) is 7.11 Å². The number of anilines is 1. The lowest BCUT2D eigenvalue weighted by molar-refractivity contribution is 0.415. The van der Waals surface area contributed by atoms with Crippen LogP contribution in [0.5, 0.6) is 5.75 Å². The standard InChI is InChI=1S/C14H22N2O/c1-10-6-13(14(17-3)7-11(10)2)16-9-12-4-5-15-8-12/h6-7,12,15-16H,4-5,8-9H2,1-3H3. The quantitative estimate of drug-likeness (QED) is 0.839. The van der Waals surface area contributed by atoms with E-state index in [4.69, 9.17) is 4.74 Å². The summed E-state index contributed by atoms with van der Waals surface area (Å²) in [4.78, 5) is 0. The Morgan fingerprint density at radius 1 is 1.35 bits per heavy atom. The highest BCUT2D eigenvalue weighted by molar-refractivity contribution is 5.60. The van der Waals surface area contributed by atoms with Crippen LogP contribution in [0.3, 0.4) is 0 Å². The molecule has 0 radical (unpaired) electrons. The lowest BCUT2D eigenvalue weighted by Gasteiger charge is -2.16. The third kappa shape index (κ3) is 2.91. The molecule has 1 atom stereocenters. The zero-order chi connectivity index (χ0) is 12.3. The molecular formula is C14H22N2O. The Morgan fingerprint density at radius 3 is 2.76 bits per heavy atom. The third-order valence-electron chi connectivity index (χ3n) is 3.56. The normalized spacial score (nSPS) is 19.4. The predicted octanol–water partition coefficient (Wildman–Crippen LogP) is 2.33. The molecule has 3 heteroatoms. The Kier molecular flexibility index (Phi) is 3.89. The van der Waals surface area contributed by atoms with Gasteiger partial charge in [-0.2, -0.15) is 0 Å². The molecule has 1 aromatic rings. The molecular weight excluding hydrogens is 212 g/mol. The number of nitrogens with one attached hydrogen (secondary N) is 2. The fraction of sp³-hybridized carbons (Fsp3) is 0.571. The molecule has 0 bridgehead atoms. The highest BCUT2D eigenvalue weighted by Gasteiger charge is 2.14. The van der Waals surface area contributed by atoms with Gasteiger partial charge in [0.2, 0.25) is 0 Å². The maximum Gasteiger partial charge on any atom is 0.142 e. The second kappa shape index (κ2) is 5.41. The maximum atomic E-state index is 5.42. The summed E-state index contributed by atoms with van der Waals surface area (Å²) in [5.74, 6) is 1.68. The Morgan fingerprint density at radius 2 is 2.12 bits per heavy atom. The predicted molar refractivity (Wildman–Crippen MR) is 71.9 cm³/mol. The van der Waals surface area contributed by atoms with Crippen molar-refractivity contribution < 1.29 is 4.74 Å². The molecule has 0 aliphatic carbocycles. The van der Waals surface area contributed by atoms with Crippen LogP contribution < -0.4 is 15.4 Å². The van der Waals surface area contributed by atoms with Crippen molar-refractivity contribution in [2.45, 2.75) is 20.3 Å². The van der Waals surface area contributed by atoms with E-state index in [1.165, 1.54) is 17.5 Å². The third-order valence-corrected chi connectivity index (χ3v) is 3.56. The molecule has 1 aliphatic heterocycles. The van der Waals surface area contributed by atoms with Crippen molar-refractivity contribution in [3.8, 4) is 5.75 Å². The first-order chi connectivity index (χ1) is 8.20. The smallest absolute Gasteiger partial charge is 0.142 e. The van der Waals surface area contributed by atoms with Gasteiger partial charge in [-0.1, -0.05) is 0 Å². The van der Waals surface area contributed by atoms with Crippen LogP contribution in [0.2, 0.25) is 0 Å². The number of rotatable bonds is 4. The zero-order valence-electron chi connectivity index (χ0n) is 11.0. The van der Waals surface area contributed by atoms with E-state index >= 15 is 0 Å². The van der Waals surface area contributed by atoms with Gasteiger partial charge in [-0.3, -0.25) is 0 Å². The first-order valence-electron chi connectivity index (χ1n) is 6.30. The highest BCUT2D eigenvalue weighted by atomic mass is 16.5. The van der Waals surface area contributed by atoms with Crippen LogP contribution in [-0.2, 0) is 0 Å². The van der Waals surface area contributed by atoms with E-state index in [0.29, 0.717) is 0 Å². The molecule has 1 heterocycles. The SMILES string of the molecule is COc1cc(C)c(C)cc1NCC1CCNC1. The van der Waals surface area contributed by atoms with Crippen molar-refractivity contribution in [3.63, 3.8) is 0 Å². The number of aryl methyl sites for hydroxylation is 2. The molecule has 0 amide bonds. The molecule has 17 heavy (non-hydrogen) atoms. The van der Waals surface area contributed by atoms with Gasteiger partial charge < -0.3 is 15.4 Å². The molecule has 0 saturated carbocycles. The topological polar surface area (TPSA) is 33.3 Å². The lowest BCUT2D eigenvalue weighted by Crippen LogP contribution is -2.17. The van der Waals surface area contributed by atoms with Gasteiger partial charge in [-0.25, -0.2) is 0 Å². The summed E-state index contributed by atoms with van der Waals surface area (Å²) in [5, 5.41) is 6.90. The van der Waals surface area contributed by atoms with Crippen molar-refractivity contribution in [2.75, 3.05) is 32.1 Å². The fourth-order valence-electron chi connectivity index (χ4n) is 2.24. The van der Waals surface area contributed by atoms with E-state index in [9.17, 15) is 0 Å². The number of methoxy groups -OCH3 is 1. The van der Waals surface area contributed by atoms with Crippen molar-refractivity contribution in [1.29, 1.82) is 0 Å². The second-order valence-electron chi connectivity index (χ2n) is 4.88. The Bertz CT molecular complexity index is 384. The van der Waals surface area contributed by atoms with Crippen LogP contribution in [0.25, 0.3) is 0 Å². The molecule has 1 saturated heterocycles. The van der Waals surface area contributed by atoms with Gasteiger partial charge in [0.15, 0.2) is 0 Å². The van der Waals surface area contributed by atoms with Gasteiger partial charge in [-0.05, 0) is 62.5 Å². The monoisotopic (exact) mass is 234 g/mol. The molecule has 1 aromatic carbocycles. The van der Waals surface area contributed by atoms with Crippen LogP contribution in [-0.4, -0.2) is 26.7 Å². The first kappa shape index (κ1) is 12.2. The zero-order valence-corrected chi connectivity index (χ0v) is 11.0.